The Balaban J connectivity index is 1.34. The Labute approximate surface area is 255 Å². The topological polar surface area (TPSA) is 58.2 Å². The number of nitrogens with one attached hydrogen (secondary N) is 2. The van der Waals surface area contributed by atoms with Crippen molar-refractivity contribution < 1.29 is 9.59 Å². The maximum absolute atomic E-state index is 13.4. The molecule has 4 saturated carbocycles. The molecule has 6 rings (SSSR count). The van der Waals surface area contributed by atoms with Gasteiger partial charge in [0.05, 0.1) is 0 Å². The zero-order chi connectivity index (χ0) is 30.3. The van der Waals surface area contributed by atoms with E-state index in [1.54, 1.807) is 5.57 Å². The monoisotopic (exact) mass is 572 g/mol. The van der Waals surface area contributed by atoms with Gasteiger partial charge in [0, 0.05) is 19.0 Å². The van der Waals surface area contributed by atoms with Crippen LogP contribution in [-0.2, 0) is 11.3 Å². The molecule has 0 bridgehead atoms. The fourth-order valence-corrected chi connectivity index (χ4v) is 12.1. The molecule has 0 aliphatic heterocycles. The molecule has 5 aliphatic carbocycles. The van der Waals surface area contributed by atoms with Crippen molar-refractivity contribution in [1.29, 1.82) is 0 Å². The number of Topliss-reactive ketones (excluding diaryl/α,β-unsaturated/α-hetero) is 1. The Bertz CT molecular complexity index is 1280. The molecule has 5 aliphatic rings. The maximum atomic E-state index is 13.4. The summed E-state index contributed by atoms with van der Waals surface area (Å²) in [6.45, 7) is 20.2. The number of carbonyl (C=O) groups is 2. The lowest BCUT2D eigenvalue weighted by atomic mass is 9.32. The quantitative estimate of drug-likeness (QED) is 0.379. The largest absolute Gasteiger partial charge is 0.335 e. The number of ketones is 1. The number of amides is 2. The Morgan fingerprint density at radius 3 is 2.26 bits per heavy atom. The summed E-state index contributed by atoms with van der Waals surface area (Å²) in [6.07, 6.45) is 10.1. The average Bonchev–Trinajstić information content (AvgIpc) is 3.20. The fourth-order valence-electron chi connectivity index (χ4n) is 12.1. The summed E-state index contributed by atoms with van der Waals surface area (Å²) in [5.74, 6) is 2.36. The lowest BCUT2D eigenvalue weighted by Gasteiger charge is -2.72. The zero-order valence-corrected chi connectivity index (χ0v) is 27.7. The van der Waals surface area contributed by atoms with Gasteiger partial charge in [0.1, 0.15) is 0 Å². The molecule has 0 radical (unpaired) electrons. The van der Waals surface area contributed by atoms with E-state index in [-0.39, 0.29) is 39.1 Å². The second kappa shape index (κ2) is 9.96. The van der Waals surface area contributed by atoms with E-state index >= 15 is 0 Å². The van der Waals surface area contributed by atoms with Crippen LogP contribution in [0.15, 0.2) is 41.5 Å². The van der Waals surface area contributed by atoms with Crippen LogP contribution < -0.4 is 10.6 Å². The van der Waals surface area contributed by atoms with Crippen LogP contribution in [0.2, 0.25) is 0 Å². The Hall–Kier alpha value is -2.10. The molecule has 4 fully saturated rings. The number of benzene rings is 1. The van der Waals surface area contributed by atoms with Gasteiger partial charge in [0.15, 0.2) is 5.78 Å². The second-order valence-electron chi connectivity index (χ2n) is 17.0. The van der Waals surface area contributed by atoms with E-state index in [0.717, 1.165) is 31.2 Å². The highest BCUT2D eigenvalue weighted by molar-refractivity contribution is 6.00. The minimum absolute atomic E-state index is 0.0275. The number of urea groups is 1. The lowest BCUT2D eigenvalue weighted by Crippen LogP contribution is -2.69. The number of fused-ring (bicyclic) bond motifs is 7. The second-order valence-corrected chi connectivity index (χ2v) is 17.0. The van der Waals surface area contributed by atoms with E-state index in [4.69, 9.17) is 0 Å². The van der Waals surface area contributed by atoms with E-state index < -0.39 is 0 Å². The summed E-state index contributed by atoms with van der Waals surface area (Å²) < 4.78 is 0. The summed E-state index contributed by atoms with van der Waals surface area (Å²) in [6, 6.07) is 10.3. The summed E-state index contributed by atoms with van der Waals surface area (Å²) in [5.41, 5.74) is 4.58. The van der Waals surface area contributed by atoms with Gasteiger partial charge >= 0.3 is 6.03 Å². The van der Waals surface area contributed by atoms with Crippen LogP contribution in [-0.4, -0.2) is 17.9 Å². The van der Waals surface area contributed by atoms with E-state index in [1.165, 1.54) is 37.7 Å². The highest BCUT2D eigenvalue weighted by atomic mass is 16.2. The standard InChI is InChI=1S/C38H56N2O2/c1-24(2)31-27(41)22-35(5)20-21-36(6)26(32(31)35)14-15-29-37(36,7)19-16-28-34(3,4)18-17-30(38(28,29)8)40-33(42)39-23-25-12-10-9-11-13-25/h9-13,24,26,28-30H,14-23H2,1-8H3,(H2,39,40,42)/t26-,28+,29+,30?,35+,36-,37-,38+/m1/s1. The highest BCUT2D eigenvalue weighted by Gasteiger charge is 2.70. The molecule has 2 amide bonds. The molecule has 1 aromatic rings. The first kappa shape index (κ1) is 29.9. The van der Waals surface area contributed by atoms with Crippen LogP contribution in [0, 0.1) is 50.7 Å². The van der Waals surface area contributed by atoms with Gasteiger partial charge < -0.3 is 10.6 Å². The van der Waals surface area contributed by atoms with Crippen LogP contribution in [0.4, 0.5) is 4.79 Å². The first-order chi connectivity index (χ1) is 19.7. The predicted octanol–water partition coefficient (Wildman–Crippen LogP) is 8.86. The van der Waals surface area contributed by atoms with Gasteiger partial charge in [-0.2, -0.15) is 0 Å². The number of hydrogen-bond donors (Lipinski definition) is 2. The summed E-state index contributed by atoms with van der Waals surface area (Å²) in [4.78, 5) is 26.8. The summed E-state index contributed by atoms with van der Waals surface area (Å²) in [7, 11) is 0. The molecule has 8 atom stereocenters. The fraction of sp³-hybridized carbons (Fsp3) is 0.737. The zero-order valence-electron chi connectivity index (χ0n) is 27.7. The first-order valence-corrected chi connectivity index (χ1v) is 17.0. The van der Waals surface area contributed by atoms with Crippen molar-refractivity contribution in [2.75, 3.05) is 0 Å². The molecule has 1 unspecified atom stereocenters. The van der Waals surface area contributed by atoms with E-state index in [9.17, 15) is 9.59 Å². The van der Waals surface area contributed by atoms with E-state index in [2.05, 4.69) is 78.2 Å². The lowest BCUT2D eigenvalue weighted by molar-refractivity contribution is -0.219. The predicted molar refractivity (Wildman–Crippen MR) is 171 cm³/mol. The third-order valence-corrected chi connectivity index (χ3v) is 14.3. The minimum Gasteiger partial charge on any atom is -0.335 e. The Kier molecular flexibility index (Phi) is 7.10. The number of hydrogen-bond acceptors (Lipinski definition) is 2. The third kappa shape index (κ3) is 4.20. The van der Waals surface area contributed by atoms with Crippen molar-refractivity contribution in [3.05, 3.63) is 47.0 Å². The molecular formula is C38H56N2O2. The number of allylic oxidation sites excluding steroid dienone is 2. The number of carbonyl (C=O) groups excluding carboxylic acids is 2. The van der Waals surface area contributed by atoms with Crippen molar-refractivity contribution in [2.24, 2.45) is 50.7 Å². The molecule has 0 saturated heterocycles. The average molecular weight is 573 g/mol. The van der Waals surface area contributed by atoms with Gasteiger partial charge in [-0.3, -0.25) is 4.79 Å². The van der Waals surface area contributed by atoms with Gasteiger partial charge in [0.25, 0.3) is 0 Å². The molecule has 42 heavy (non-hydrogen) atoms. The van der Waals surface area contributed by atoms with Crippen molar-refractivity contribution in [2.45, 2.75) is 126 Å². The van der Waals surface area contributed by atoms with Gasteiger partial charge in [-0.1, -0.05) is 91.3 Å². The number of rotatable bonds is 4. The molecule has 4 heteroatoms. The van der Waals surface area contributed by atoms with Crippen molar-refractivity contribution in [1.82, 2.24) is 10.6 Å². The molecule has 2 N–H and O–H groups in total. The molecular weight excluding hydrogens is 516 g/mol. The summed E-state index contributed by atoms with van der Waals surface area (Å²) in [5, 5.41) is 6.74. The van der Waals surface area contributed by atoms with Crippen LogP contribution in [0.25, 0.3) is 0 Å². The van der Waals surface area contributed by atoms with E-state index in [0.29, 0.717) is 36.0 Å². The summed E-state index contributed by atoms with van der Waals surface area (Å²) >= 11 is 0. The van der Waals surface area contributed by atoms with Gasteiger partial charge in [-0.15, -0.1) is 0 Å². The normalized spacial score (nSPS) is 42.4. The smallest absolute Gasteiger partial charge is 0.315 e. The molecule has 4 nitrogen and oxygen atoms in total. The molecule has 1 aromatic carbocycles. The first-order valence-electron chi connectivity index (χ1n) is 17.0. The molecule has 0 heterocycles. The van der Waals surface area contributed by atoms with Crippen LogP contribution >= 0.6 is 0 Å². The van der Waals surface area contributed by atoms with Crippen LogP contribution in [0.3, 0.4) is 0 Å². The Morgan fingerprint density at radius 2 is 1.57 bits per heavy atom. The maximum Gasteiger partial charge on any atom is 0.315 e. The van der Waals surface area contributed by atoms with Crippen molar-refractivity contribution >= 4 is 11.8 Å². The molecule has 0 aromatic heterocycles. The van der Waals surface area contributed by atoms with Gasteiger partial charge in [0.2, 0.25) is 0 Å². The van der Waals surface area contributed by atoms with Crippen molar-refractivity contribution in [3.63, 3.8) is 0 Å². The molecule has 0 spiro atoms. The van der Waals surface area contributed by atoms with E-state index in [1.807, 2.05) is 18.2 Å². The third-order valence-electron chi connectivity index (χ3n) is 14.3. The Morgan fingerprint density at radius 1 is 0.857 bits per heavy atom. The minimum atomic E-state index is -0.0275. The highest BCUT2D eigenvalue weighted by Crippen LogP contribution is 2.76. The SMILES string of the molecule is CC(C)C1=C2[C@H]3CC[C@@H]4[C@@]5(C)C(NC(=O)NCc6ccccc6)CCC(C)(C)[C@@H]5CC[C@@]4(C)[C@]3(C)CC[C@@]2(C)CC1=O. The van der Waals surface area contributed by atoms with Gasteiger partial charge in [-0.05, 0) is 113 Å². The van der Waals surface area contributed by atoms with Crippen molar-refractivity contribution in [3.8, 4) is 0 Å². The van der Waals surface area contributed by atoms with Gasteiger partial charge in [-0.25, -0.2) is 4.79 Å². The van der Waals surface area contributed by atoms with Crippen LogP contribution in [0.1, 0.15) is 119 Å². The van der Waals surface area contributed by atoms with Crippen LogP contribution in [0.5, 0.6) is 0 Å². The molecule has 230 valence electrons.